The highest BCUT2D eigenvalue weighted by atomic mass is 35.5. The fourth-order valence-electron chi connectivity index (χ4n) is 5.34. The number of anilines is 2. The van der Waals surface area contributed by atoms with Gasteiger partial charge >= 0.3 is 0 Å². The van der Waals surface area contributed by atoms with Crippen molar-refractivity contribution < 1.29 is 13.9 Å². The monoisotopic (exact) mass is 557 g/mol. The molecular formula is C31H29ClFN5O2. The molecule has 1 aliphatic heterocycles. The van der Waals surface area contributed by atoms with Crippen LogP contribution in [0, 0.1) is 5.82 Å². The molecule has 1 saturated carbocycles. The normalized spacial score (nSPS) is 17.9. The van der Waals surface area contributed by atoms with Crippen LogP contribution in [0.2, 0.25) is 5.02 Å². The molecule has 0 amide bonds. The second-order valence-corrected chi connectivity index (χ2v) is 10.3. The standard InChI is InChI=1S/C31H29ClFN5O2/c1-39-23-12-8-21(9-13-23)35-26-18-30-28(17-25(26)36-24-4-3-15-34-31(24)40-2)37-27-16-20(33)7-14-29(27)38(30)22-10-5-19(32)6-11-22/h3-7,10-11,14-18,21,23,36H,8-9,12-13H2,1-2H3. The van der Waals surface area contributed by atoms with Crippen LogP contribution in [-0.4, -0.2) is 40.9 Å². The van der Waals surface area contributed by atoms with Crippen molar-refractivity contribution in [2.24, 2.45) is 4.99 Å². The second-order valence-electron chi connectivity index (χ2n) is 9.90. The molecular weight excluding hydrogens is 529 g/mol. The number of pyridine rings is 1. The van der Waals surface area contributed by atoms with Gasteiger partial charge in [0.15, 0.2) is 0 Å². The SMILES string of the molecule is COc1ncccc1Nc1cc2nc3cc(F)ccc3n(-c3ccc(Cl)cc3)c-2cc1=NC1CCC(OC)CC1. The molecule has 3 aromatic rings. The van der Waals surface area contributed by atoms with E-state index < -0.39 is 0 Å². The molecule has 2 aliphatic carbocycles. The summed E-state index contributed by atoms with van der Waals surface area (Å²) in [4.78, 5) is 14.4. The molecule has 0 radical (unpaired) electrons. The Balaban J connectivity index is 1.59. The lowest BCUT2D eigenvalue weighted by molar-refractivity contribution is 0.0663. The van der Waals surface area contributed by atoms with Gasteiger partial charge in [0.25, 0.3) is 0 Å². The van der Waals surface area contributed by atoms with Gasteiger partial charge in [0.05, 0.1) is 52.7 Å². The fourth-order valence-corrected chi connectivity index (χ4v) is 5.47. The van der Waals surface area contributed by atoms with Crippen LogP contribution in [0.15, 0.2) is 77.9 Å². The number of hydrogen-bond acceptors (Lipinski definition) is 6. The zero-order chi connectivity index (χ0) is 27.6. The average Bonchev–Trinajstić information content (AvgIpc) is 2.97. The number of rotatable bonds is 6. The molecule has 1 aromatic heterocycles. The molecule has 7 nitrogen and oxygen atoms in total. The summed E-state index contributed by atoms with van der Waals surface area (Å²) in [5.41, 5.74) is 5.19. The molecule has 204 valence electrons. The molecule has 0 bridgehead atoms. The molecule has 2 heterocycles. The Bertz CT molecular complexity index is 1700. The molecule has 0 spiro atoms. The van der Waals surface area contributed by atoms with E-state index >= 15 is 0 Å². The Labute approximate surface area is 236 Å². The van der Waals surface area contributed by atoms with Gasteiger partial charge in [0.1, 0.15) is 11.5 Å². The van der Waals surface area contributed by atoms with Crippen molar-refractivity contribution in [2.45, 2.75) is 37.8 Å². The highest BCUT2D eigenvalue weighted by Gasteiger charge is 2.22. The number of nitrogens with zero attached hydrogens (tertiary/aromatic N) is 4. The van der Waals surface area contributed by atoms with Crippen LogP contribution in [0.5, 0.6) is 5.88 Å². The lowest BCUT2D eigenvalue weighted by Gasteiger charge is -2.25. The third kappa shape index (κ3) is 5.24. The van der Waals surface area contributed by atoms with E-state index in [9.17, 15) is 4.39 Å². The number of nitrogens with one attached hydrogen (secondary N) is 1. The van der Waals surface area contributed by atoms with Crippen LogP contribution in [0.1, 0.15) is 25.7 Å². The molecule has 3 aliphatic rings. The van der Waals surface area contributed by atoms with E-state index in [0.29, 0.717) is 27.8 Å². The van der Waals surface area contributed by atoms with Gasteiger partial charge in [-0.05, 0) is 86.3 Å². The number of halogens is 2. The number of fused-ring (bicyclic) bond motifs is 2. The van der Waals surface area contributed by atoms with Gasteiger partial charge in [-0.3, -0.25) is 4.99 Å². The lowest BCUT2D eigenvalue weighted by Crippen LogP contribution is -2.25. The summed E-state index contributed by atoms with van der Waals surface area (Å²) in [6.45, 7) is 0. The van der Waals surface area contributed by atoms with E-state index in [1.165, 1.54) is 12.1 Å². The van der Waals surface area contributed by atoms with Gasteiger partial charge in [0, 0.05) is 30.1 Å². The van der Waals surface area contributed by atoms with E-state index in [0.717, 1.165) is 53.6 Å². The molecule has 0 saturated heterocycles. The zero-order valence-electron chi connectivity index (χ0n) is 22.3. The Morgan fingerprint density at radius 1 is 0.975 bits per heavy atom. The van der Waals surface area contributed by atoms with Crippen LogP contribution < -0.4 is 15.4 Å². The maximum absolute atomic E-state index is 14.3. The quantitative estimate of drug-likeness (QED) is 0.229. The van der Waals surface area contributed by atoms with Gasteiger partial charge in [0.2, 0.25) is 5.88 Å². The highest BCUT2D eigenvalue weighted by molar-refractivity contribution is 6.30. The van der Waals surface area contributed by atoms with Crippen LogP contribution >= 0.6 is 11.6 Å². The summed E-state index contributed by atoms with van der Waals surface area (Å²) >= 11 is 6.21. The van der Waals surface area contributed by atoms with Crippen molar-refractivity contribution in [3.8, 4) is 23.0 Å². The molecule has 1 N–H and O–H groups in total. The van der Waals surface area contributed by atoms with Crippen LogP contribution in [-0.2, 0) is 4.74 Å². The van der Waals surface area contributed by atoms with Crippen LogP contribution in [0.4, 0.5) is 15.8 Å². The van der Waals surface area contributed by atoms with Gasteiger partial charge in [-0.2, -0.15) is 0 Å². The van der Waals surface area contributed by atoms with E-state index in [4.69, 9.17) is 31.1 Å². The topological polar surface area (TPSA) is 73.6 Å². The summed E-state index contributed by atoms with van der Waals surface area (Å²) in [6, 6.07) is 20.1. The van der Waals surface area contributed by atoms with Crippen molar-refractivity contribution in [1.29, 1.82) is 0 Å². The van der Waals surface area contributed by atoms with Gasteiger partial charge in [-0.1, -0.05) is 11.6 Å². The number of aromatic nitrogens is 3. The smallest absolute Gasteiger partial charge is 0.237 e. The Morgan fingerprint density at radius 3 is 2.52 bits per heavy atom. The van der Waals surface area contributed by atoms with Crippen molar-refractivity contribution >= 4 is 34.0 Å². The van der Waals surface area contributed by atoms with Crippen molar-refractivity contribution in [3.05, 3.63) is 89.1 Å². The predicted octanol–water partition coefficient (Wildman–Crippen LogP) is 6.93. The Morgan fingerprint density at radius 2 is 1.77 bits per heavy atom. The van der Waals surface area contributed by atoms with E-state index in [1.807, 2.05) is 48.5 Å². The molecule has 40 heavy (non-hydrogen) atoms. The van der Waals surface area contributed by atoms with Crippen molar-refractivity contribution in [1.82, 2.24) is 14.5 Å². The minimum absolute atomic E-state index is 0.159. The summed E-state index contributed by atoms with van der Waals surface area (Å²) in [5, 5.41) is 4.91. The van der Waals surface area contributed by atoms with E-state index in [-0.39, 0.29) is 18.0 Å². The average molecular weight is 558 g/mol. The van der Waals surface area contributed by atoms with Crippen LogP contribution in [0.25, 0.3) is 28.1 Å². The highest BCUT2D eigenvalue weighted by Crippen LogP contribution is 2.32. The maximum atomic E-state index is 14.3. The third-order valence-electron chi connectivity index (χ3n) is 7.37. The molecule has 1 fully saturated rings. The van der Waals surface area contributed by atoms with Crippen molar-refractivity contribution in [3.63, 3.8) is 0 Å². The lowest BCUT2D eigenvalue weighted by atomic mass is 9.93. The van der Waals surface area contributed by atoms with E-state index in [2.05, 4.69) is 14.9 Å². The number of methoxy groups -OCH3 is 2. The molecule has 0 unspecified atom stereocenters. The third-order valence-corrected chi connectivity index (χ3v) is 7.62. The summed E-state index contributed by atoms with van der Waals surface area (Å²) in [7, 11) is 3.36. The first-order chi connectivity index (χ1) is 19.5. The molecule has 2 aromatic carbocycles. The van der Waals surface area contributed by atoms with Gasteiger partial charge < -0.3 is 19.4 Å². The van der Waals surface area contributed by atoms with Gasteiger partial charge in [-0.15, -0.1) is 0 Å². The van der Waals surface area contributed by atoms with Crippen LogP contribution in [0.3, 0.4) is 0 Å². The first-order valence-corrected chi connectivity index (χ1v) is 13.6. The molecule has 6 rings (SSSR count). The largest absolute Gasteiger partial charge is 0.480 e. The van der Waals surface area contributed by atoms with Crippen molar-refractivity contribution in [2.75, 3.05) is 19.5 Å². The molecule has 0 atom stereocenters. The van der Waals surface area contributed by atoms with Gasteiger partial charge in [-0.25, -0.2) is 14.4 Å². The number of benzene rings is 3. The summed E-state index contributed by atoms with van der Waals surface area (Å²) in [5.74, 6) is 0.123. The summed E-state index contributed by atoms with van der Waals surface area (Å²) < 4.78 is 27.5. The minimum Gasteiger partial charge on any atom is -0.480 e. The maximum Gasteiger partial charge on any atom is 0.237 e. The fraction of sp³-hybridized carbons (Fsp3) is 0.258. The first-order valence-electron chi connectivity index (χ1n) is 13.3. The second kappa shape index (κ2) is 11.2. The number of hydrogen-bond donors (Lipinski definition) is 1. The summed E-state index contributed by atoms with van der Waals surface area (Å²) in [6.07, 6.45) is 5.79. The first kappa shape index (κ1) is 26.2. The minimum atomic E-state index is -0.348. The predicted molar refractivity (Wildman–Crippen MR) is 155 cm³/mol. The van der Waals surface area contributed by atoms with E-state index in [1.54, 1.807) is 26.5 Å². The molecule has 9 heteroatoms. The number of ether oxygens (including phenoxy) is 2. The Kier molecular flexibility index (Phi) is 7.36. The zero-order valence-corrected chi connectivity index (χ0v) is 23.0. The Hall–Kier alpha value is -4.01.